The van der Waals surface area contributed by atoms with Gasteiger partial charge in [0, 0.05) is 23.3 Å². The van der Waals surface area contributed by atoms with Crippen LogP contribution in [0.25, 0.3) is 23.5 Å². The first-order valence-corrected chi connectivity index (χ1v) is 16.4. The molecule has 0 aliphatic heterocycles. The van der Waals surface area contributed by atoms with Crippen molar-refractivity contribution in [3.63, 3.8) is 0 Å². The van der Waals surface area contributed by atoms with E-state index in [2.05, 4.69) is 42.3 Å². The Balaban J connectivity index is 0.000000249. The van der Waals surface area contributed by atoms with E-state index in [0.29, 0.717) is 45.5 Å². The number of nitrogens with two attached hydrogens (primary N) is 1. The van der Waals surface area contributed by atoms with Crippen LogP contribution in [-0.2, 0) is 9.59 Å². The lowest BCUT2D eigenvalue weighted by Gasteiger charge is -2.09. The van der Waals surface area contributed by atoms with Gasteiger partial charge in [-0.3, -0.25) is 19.1 Å². The maximum atomic E-state index is 12.3. The minimum atomic E-state index is -0.676. The first-order valence-electron chi connectivity index (χ1n) is 16.4. The molecule has 0 bridgehead atoms. The van der Waals surface area contributed by atoms with Crippen molar-refractivity contribution in [1.82, 2.24) is 10.1 Å². The van der Waals surface area contributed by atoms with Crippen LogP contribution in [0.1, 0.15) is 16.7 Å². The minimum absolute atomic E-state index is 0.0952. The number of para-hydroxylation sites is 2. The Labute approximate surface area is 321 Å². The summed E-state index contributed by atoms with van der Waals surface area (Å²) in [5.74, 6) is 5.53. The number of H-pyrrole nitrogens is 1. The van der Waals surface area contributed by atoms with Gasteiger partial charge in [0.2, 0.25) is 11.8 Å². The molecule has 0 unspecified atom stereocenters. The number of benzene rings is 4. The molecule has 1 aromatic heterocycles. The molecular formula is C41H36N6O9. The van der Waals surface area contributed by atoms with Crippen LogP contribution in [0.5, 0.6) is 23.0 Å². The first-order chi connectivity index (χ1) is 27.2. The zero-order chi connectivity index (χ0) is 40.3. The number of hydrogen-bond donors (Lipinski definition) is 5. The molecule has 0 spiro atoms. The van der Waals surface area contributed by atoms with Gasteiger partial charge in [0.25, 0.3) is 0 Å². The molecule has 0 atom stereocenters. The predicted molar refractivity (Wildman–Crippen MR) is 211 cm³/mol. The van der Waals surface area contributed by atoms with Crippen molar-refractivity contribution in [3.8, 4) is 59.1 Å². The number of nitrogens with zero attached hydrogens (tertiary/aromatic N) is 2. The Bertz CT molecular complexity index is 2380. The molecule has 6 N–H and O–H groups in total. The van der Waals surface area contributed by atoms with E-state index in [1.54, 1.807) is 97.1 Å². The molecule has 1 heterocycles. The lowest BCUT2D eigenvalue weighted by atomic mass is 10.1. The number of aromatic amines is 1. The average molecular weight is 757 g/mol. The third kappa shape index (κ3) is 11.7. The van der Waals surface area contributed by atoms with E-state index in [0.717, 1.165) is 11.1 Å². The first kappa shape index (κ1) is 40.6. The van der Waals surface area contributed by atoms with Gasteiger partial charge >= 0.3 is 5.76 Å². The summed E-state index contributed by atoms with van der Waals surface area (Å²) in [5.41, 5.74) is 8.92. The second-order valence-electron chi connectivity index (χ2n) is 11.0. The monoisotopic (exact) mass is 756 g/mol. The molecule has 0 fully saturated rings. The van der Waals surface area contributed by atoms with Crippen LogP contribution in [0.3, 0.4) is 0 Å². The van der Waals surface area contributed by atoms with Crippen LogP contribution in [0, 0.1) is 24.7 Å². The van der Waals surface area contributed by atoms with E-state index in [1.807, 2.05) is 0 Å². The average Bonchev–Trinajstić information content (AvgIpc) is 3.66. The third-order valence-corrected chi connectivity index (χ3v) is 7.30. The summed E-state index contributed by atoms with van der Waals surface area (Å²) in [4.78, 5) is 38.2. The van der Waals surface area contributed by atoms with Crippen molar-refractivity contribution in [2.45, 2.75) is 0 Å². The molecule has 0 saturated heterocycles. The quantitative estimate of drug-likeness (QED) is 0.0249. The summed E-state index contributed by atoms with van der Waals surface area (Å²) < 4.78 is 25.8. The molecule has 15 heteroatoms. The summed E-state index contributed by atoms with van der Waals surface area (Å²) in [6.45, 7) is 0.262. The number of carbonyl (C=O) groups excluding carboxylic acids is 2. The van der Waals surface area contributed by atoms with Crippen molar-refractivity contribution in [2.75, 3.05) is 38.1 Å². The van der Waals surface area contributed by atoms with Gasteiger partial charge in [-0.2, -0.15) is 0 Å². The van der Waals surface area contributed by atoms with Crippen LogP contribution in [0.2, 0.25) is 0 Å². The van der Waals surface area contributed by atoms with E-state index in [4.69, 9.17) is 42.7 Å². The smallest absolute Gasteiger partial charge is 0.439 e. The topological polar surface area (TPSA) is 213 Å². The number of methoxy groups -OCH3 is 2. The molecule has 0 aliphatic carbocycles. The van der Waals surface area contributed by atoms with Crippen molar-refractivity contribution < 1.29 is 38.3 Å². The normalized spacial score (nSPS) is 10.8. The number of hydrogen-bond acceptors (Lipinski definition) is 11. The molecule has 5 rings (SSSR count). The fourth-order valence-electron chi connectivity index (χ4n) is 4.76. The summed E-state index contributed by atoms with van der Waals surface area (Å²) in [7, 11) is 3.03. The van der Waals surface area contributed by atoms with Crippen LogP contribution in [0.4, 0.5) is 11.4 Å². The molecule has 0 aliphatic rings. The highest BCUT2D eigenvalue weighted by Crippen LogP contribution is 2.30. The van der Waals surface area contributed by atoms with Crippen molar-refractivity contribution >= 4 is 41.2 Å². The molecule has 56 heavy (non-hydrogen) atoms. The second-order valence-corrected chi connectivity index (χ2v) is 11.0. The maximum absolute atomic E-state index is 12.3. The number of ether oxygens (including phenoxy) is 4. The van der Waals surface area contributed by atoms with Crippen LogP contribution in [0.15, 0.2) is 112 Å². The second kappa shape index (κ2) is 20.8. The SMILES string of the molecule is C#CCOc1ccc(/C=C/C(=O)Nc2ccccc2-c2noc(=O)[nH]2)cc1OC.C#CCOc1ccc(/C=C/C(=O)Nc2ccccc2C(N)=NO)cc1OC. The molecule has 284 valence electrons. The van der Waals surface area contributed by atoms with E-state index >= 15 is 0 Å². The van der Waals surface area contributed by atoms with Crippen molar-refractivity contribution in [3.05, 3.63) is 124 Å². The number of carbonyl (C=O) groups is 2. The van der Waals surface area contributed by atoms with E-state index in [-0.39, 0.29) is 36.7 Å². The minimum Gasteiger partial charge on any atom is -0.493 e. The molecule has 15 nitrogen and oxygen atoms in total. The molecule has 5 aromatic rings. The van der Waals surface area contributed by atoms with Crippen LogP contribution in [-0.4, -0.2) is 60.4 Å². The van der Waals surface area contributed by atoms with Gasteiger partial charge in [0.15, 0.2) is 34.7 Å². The number of nitrogens with one attached hydrogen (secondary N) is 3. The third-order valence-electron chi connectivity index (χ3n) is 7.30. The highest BCUT2D eigenvalue weighted by atomic mass is 16.5. The van der Waals surface area contributed by atoms with Gasteiger partial charge in [-0.1, -0.05) is 58.6 Å². The predicted octanol–water partition coefficient (Wildman–Crippen LogP) is 5.16. The number of oxime groups is 1. The van der Waals surface area contributed by atoms with Gasteiger partial charge in [-0.05, 0) is 71.8 Å². The summed E-state index contributed by atoms with van der Waals surface area (Å²) in [6, 6.07) is 24.0. The highest BCUT2D eigenvalue weighted by Gasteiger charge is 2.12. The van der Waals surface area contributed by atoms with Gasteiger partial charge in [0.05, 0.1) is 25.6 Å². The highest BCUT2D eigenvalue weighted by molar-refractivity contribution is 6.08. The van der Waals surface area contributed by atoms with E-state index in [9.17, 15) is 14.4 Å². The summed E-state index contributed by atoms with van der Waals surface area (Å²) >= 11 is 0. The Morgan fingerprint density at radius 3 is 1.84 bits per heavy atom. The van der Waals surface area contributed by atoms with E-state index < -0.39 is 5.76 Å². The summed E-state index contributed by atoms with van der Waals surface area (Å²) in [6.07, 6.45) is 16.4. The zero-order valence-corrected chi connectivity index (χ0v) is 30.1. The molecule has 0 radical (unpaired) electrons. The van der Waals surface area contributed by atoms with E-state index in [1.165, 1.54) is 26.4 Å². The van der Waals surface area contributed by atoms with Gasteiger partial charge in [0.1, 0.15) is 13.2 Å². The molecule has 2 amide bonds. The fourth-order valence-corrected chi connectivity index (χ4v) is 4.76. The lowest BCUT2D eigenvalue weighted by molar-refractivity contribution is -0.112. The standard InChI is InChI=1S/C21H17N3O5.C20H19N3O4/c1-3-12-28-17-10-8-14(13-18(17)27-2)9-11-19(25)22-16-7-5-4-6-15(16)20-23-21(26)29-24-20;1-3-12-27-17-10-8-14(13-18(17)26-2)9-11-19(24)22-16-7-5-4-6-15(16)20(21)23-25/h1,4-11,13H,12H2,2H3,(H,22,25)(H,23,24,26);1,4-11,13,25H,12H2,2H3,(H2,21,23)(H,22,24)/b2*11-9+. The van der Waals surface area contributed by atoms with Gasteiger partial charge in [-0.25, -0.2) is 4.79 Å². The molecule has 4 aromatic carbocycles. The van der Waals surface area contributed by atoms with Crippen LogP contribution < -0.4 is 41.1 Å². The van der Waals surface area contributed by atoms with Gasteiger partial charge in [-0.15, -0.1) is 12.8 Å². The number of anilines is 2. The number of terminal acetylenes is 2. The molecule has 0 saturated carbocycles. The van der Waals surface area contributed by atoms with Gasteiger partial charge < -0.3 is 40.5 Å². The fraction of sp³-hybridized carbons (Fsp3) is 0.0976. The Kier molecular flexibility index (Phi) is 15.1. The number of amides is 2. The Morgan fingerprint density at radius 2 is 1.34 bits per heavy atom. The number of rotatable bonds is 14. The molecular weight excluding hydrogens is 720 g/mol. The lowest BCUT2D eigenvalue weighted by Crippen LogP contribution is -2.17. The Morgan fingerprint density at radius 1 is 0.821 bits per heavy atom. The zero-order valence-electron chi connectivity index (χ0n) is 30.1. The van der Waals surface area contributed by atoms with Crippen LogP contribution >= 0.6 is 0 Å². The van der Waals surface area contributed by atoms with Crippen molar-refractivity contribution in [1.29, 1.82) is 0 Å². The van der Waals surface area contributed by atoms with Crippen molar-refractivity contribution in [2.24, 2.45) is 10.9 Å². The maximum Gasteiger partial charge on any atom is 0.439 e. The summed E-state index contributed by atoms with van der Waals surface area (Å²) in [5, 5.41) is 20.9. The number of aromatic nitrogens is 2. The number of amidine groups is 1. The largest absolute Gasteiger partial charge is 0.493 e. The Hall–Kier alpha value is -8.17.